The van der Waals surface area contributed by atoms with Crippen molar-refractivity contribution in [3.63, 3.8) is 0 Å². The molecule has 4 aromatic rings. The first kappa shape index (κ1) is 17.2. The van der Waals surface area contributed by atoms with Crippen molar-refractivity contribution in [2.75, 3.05) is 6.79 Å². The van der Waals surface area contributed by atoms with Crippen molar-refractivity contribution < 1.29 is 18.7 Å². The number of H-pyrrole nitrogens is 1. The van der Waals surface area contributed by atoms with Gasteiger partial charge in [-0.15, -0.1) is 0 Å². The third kappa shape index (κ3) is 3.27. The summed E-state index contributed by atoms with van der Waals surface area (Å²) in [6, 6.07) is 13.7. The number of rotatable bonds is 4. The molecule has 5 rings (SSSR count). The molecule has 1 aliphatic rings. The number of aromatic amines is 1. The summed E-state index contributed by atoms with van der Waals surface area (Å²) >= 11 is 0. The lowest BCUT2D eigenvalue weighted by atomic mass is 10.1. The highest BCUT2D eigenvalue weighted by atomic mass is 19.1. The van der Waals surface area contributed by atoms with Crippen LogP contribution < -0.4 is 14.8 Å². The molecule has 2 N–H and O–H groups in total. The van der Waals surface area contributed by atoms with Crippen molar-refractivity contribution in [1.29, 1.82) is 0 Å². The Morgan fingerprint density at radius 3 is 2.90 bits per heavy atom. The van der Waals surface area contributed by atoms with Crippen LogP contribution in [0.3, 0.4) is 0 Å². The molecular formula is C22H16FN3O3. The average Bonchev–Trinajstić information content (AvgIpc) is 3.38. The zero-order valence-electron chi connectivity index (χ0n) is 15.2. The van der Waals surface area contributed by atoms with E-state index in [1.165, 1.54) is 12.1 Å². The van der Waals surface area contributed by atoms with Crippen molar-refractivity contribution in [3.8, 4) is 22.6 Å². The number of carbonyl (C=O) groups excluding carboxylic acids is 1. The Morgan fingerprint density at radius 1 is 1.10 bits per heavy atom. The van der Waals surface area contributed by atoms with E-state index >= 15 is 0 Å². The molecule has 29 heavy (non-hydrogen) atoms. The number of benzene rings is 2. The van der Waals surface area contributed by atoms with E-state index in [9.17, 15) is 9.18 Å². The molecular weight excluding hydrogens is 373 g/mol. The molecule has 0 unspecified atom stereocenters. The van der Waals surface area contributed by atoms with Gasteiger partial charge in [-0.2, -0.15) is 0 Å². The van der Waals surface area contributed by atoms with E-state index in [2.05, 4.69) is 15.3 Å². The summed E-state index contributed by atoms with van der Waals surface area (Å²) in [7, 11) is 0. The van der Waals surface area contributed by atoms with Gasteiger partial charge >= 0.3 is 0 Å². The number of hydrogen-bond donors (Lipinski definition) is 2. The maximum Gasteiger partial charge on any atom is 0.253 e. The predicted octanol–water partition coefficient (Wildman–Crippen LogP) is 4.03. The molecule has 0 saturated heterocycles. The highest BCUT2D eigenvalue weighted by Gasteiger charge is 2.16. The average molecular weight is 389 g/mol. The number of aromatic nitrogens is 2. The smallest absolute Gasteiger partial charge is 0.253 e. The Morgan fingerprint density at radius 2 is 2.00 bits per heavy atom. The maximum absolute atomic E-state index is 13.6. The standard InChI is InChI=1S/C22H16FN3O3/c23-16-3-1-2-14(7-16)15-8-17-18(11-25-21(17)24-10-15)22(27)26-9-13-4-5-19-20(6-13)29-12-28-19/h1-8,10-11H,9,12H2,(H,24,25)(H,26,27). The SMILES string of the molecule is O=C(NCc1ccc2c(c1)OCO2)c1c[nH]c2ncc(-c3cccc(F)c3)cc12. The van der Waals surface area contributed by atoms with Gasteiger partial charge in [0.15, 0.2) is 11.5 Å². The van der Waals surface area contributed by atoms with Crippen molar-refractivity contribution in [2.45, 2.75) is 6.54 Å². The molecule has 2 aromatic heterocycles. The van der Waals surface area contributed by atoms with Gasteiger partial charge in [0.05, 0.1) is 5.56 Å². The number of pyridine rings is 1. The van der Waals surface area contributed by atoms with Gasteiger partial charge in [0, 0.05) is 29.9 Å². The van der Waals surface area contributed by atoms with Crippen LogP contribution in [0.4, 0.5) is 4.39 Å². The lowest BCUT2D eigenvalue weighted by Crippen LogP contribution is -2.22. The van der Waals surface area contributed by atoms with Gasteiger partial charge in [-0.3, -0.25) is 4.79 Å². The Balaban J connectivity index is 1.39. The molecule has 0 aliphatic carbocycles. The summed E-state index contributed by atoms with van der Waals surface area (Å²) < 4.78 is 24.2. The van der Waals surface area contributed by atoms with Gasteiger partial charge in [-0.25, -0.2) is 9.37 Å². The van der Waals surface area contributed by atoms with Crippen LogP contribution >= 0.6 is 0 Å². The van der Waals surface area contributed by atoms with Crippen molar-refractivity contribution in [2.24, 2.45) is 0 Å². The normalized spacial score (nSPS) is 12.3. The second-order valence-corrected chi connectivity index (χ2v) is 6.70. The quantitative estimate of drug-likeness (QED) is 0.553. The minimum absolute atomic E-state index is 0.209. The van der Waals surface area contributed by atoms with Gasteiger partial charge in [0.1, 0.15) is 11.5 Å². The van der Waals surface area contributed by atoms with Crippen LogP contribution in [-0.2, 0) is 6.54 Å². The third-order valence-corrected chi connectivity index (χ3v) is 4.82. The maximum atomic E-state index is 13.6. The summed E-state index contributed by atoms with van der Waals surface area (Å²) in [5, 5.41) is 3.59. The molecule has 0 atom stereocenters. The molecule has 7 heteroatoms. The molecule has 1 aliphatic heterocycles. The monoisotopic (exact) mass is 389 g/mol. The lowest BCUT2D eigenvalue weighted by molar-refractivity contribution is 0.0952. The minimum atomic E-state index is -0.321. The van der Waals surface area contributed by atoms with Crippen molar-refractivity contribution in [3.05, 3.63) is 77.9 Å². The topological polar surface area (TPSA) is 76.2 Å². The van der Waals surface area contributed by atoms with E-state index in [4.69, 9.17) is 9.47 Å². The van der Waals surface area contributed by atoms with Crippen LogP contribution in [-0.4, -0.2) is 22.7 Å². The first-order valence-electron chi connectivity index (χ1n) is 9.07. The zero-order valence-corrected chi connectivity index (χ0v) is 15.2. The number of nitrogens with one attached hydrogen (secondary N) is 2. The van der Waals surface area contributed by atoms with Gasteiger partial charge in [0.2, 0.25) is 6.79 Å². The Hall–Kier alpha value is -3.87. The van der Waals surface area contributed by atoms with Crippen molar-refractivity contribution >= 4 is 16.9 Å². The Labute approximate surface area is 165 Å². The molecule has 0 bridgehead atoms. The molecule has 144 valence electrons. The van der Waals surface area contributed by atoms with E-state index in [1.54, 1.807) is 24.5 Å². The summed E-state index contributed by atoms with van der Waals surface area (Å²) in [5.41, 5.74) is 3.42. The number of halogens is 1. The molecule has 0 saturated carbocycles. The summed E-state index contributed by atoms with van der Waals surface area (Å²) in [6.45, 7) is 0.556. The number of amides is 1. The van der Waals surface area contributed by atoms with Crippen LogP contribution in [0.5, 0.6) is 11.5 Å². The number of carbonyl (C=O) groups is 1. The largest absolute Gasteiger partial charge is 0.454 e. The van der Waals surface area contributed by atoms with Crippen LogP contribution in [0.2, 0.25) is 0 Å². The fourth-order valence-electron chi connectivity index (χ4n) is 3.35. The molecule has 2 aromatic carbocycles. The van der Waals surface area contributed by atoms with E-state index in [0.717, 1.165) is 11.1 Å². The predicted molar refractivity (Wildman–Crippen MR) is 105 cm³/mol. The van der Waals surface area contributed by atoms with E-state index in [1.807, 2.05) is 24.3 Å². The fourth-order valence-corrected chi connectivity index (χ4v) is 3.35. The first-order chi connectivity index (χ1) is 14.2. The van der Waals surface area contributed by atoms with Crippen LogP contribution in [0, 0.1) is 5.82 Å². The second-order valence-electron chi connectivity index (χ2n) is 6.70. The van der Waals surface area contributed by atoms with Crippen LogP contribution in [0.15, 0.2) is 60.9 Å². The van der Waals surface area contributed by atoms with Crippen LogP contribution in [0.1, 0.15) is 15.9 Å². The number of nitrogens with zero attached hydrogens (tertiary/aromatic N) is 1. The molecule has 6 nitrogen and oxygen atoms in total. The second kappa shape index (κ2) is 6.94. The number of fused-ring (bicyclic) bond motifs is 2. The van der Waals surface area contributed by atoms with Gasteiger partial charge < -0.3 is 19.8 Å². The lowest BCUT2D eigenvalue weighted by Gasteiger charge is -2.06. The summed E-state index contributed by atoms with van der Waals surface area (Å²) in [6.07, 6.45) is 3.28. The molecule has 3 heterocycles. The minimum Gasteiger partial charge on any atom is -0.454 e. The highest BCUT2D eigenvalue weighted by Crippen LogP contribution is 2.32. The molecule has 0 fully saturated rings. The molecule has 0 spiro atoms. The Bertz CT molecular complexity index is 1240. The third-order valence-electron chi connectivity index (χ3n) is 4.82. The molecule has 1 amide bonds. The van der Waals surface area contributed by atoms with E-state index < -0.39 is 0 Å². The van der Waals surface area contributed by atoms with E-state index in [-0.39, 0.29) is 18.5 Å². The van der Waals surface area contributed by atoms with Crippen LogP contribution in [0.25, 0.3) is 22.2 Å². The fraction of sp³-hybridized carbons (Fsp3) is 0.0909. The van der Waals surface area contributed by atoms with E-state index in [0.29, 0.717) is 40.2 Å². The number of ether oxygens (including phenoxy) is 2. The van der Waals surface area contributed by atoms with Gasteiger partial charge in [-0.1, -0.05) is 18.2 Å². The molecule has 0 radical (unpaired) electrons. The van der Waals surface area contributed by atoms with Gasteiger partial charge in [-0.05, 0) is 41.5 Å². The summed E-state index contributed by atoms with van der Waals surface area (Å²) in [5.74, 6) is 0.825. The van der Waals surface area contributed by atoms with Gasteiger partial charge in [0.25, 0.3) is 5.91 Å². The Kier molecular flexibility index (Phi) is 4.13. The first-order valence-corrected chi connectivity index (χ1v) is 9.07. The zero-order chi connectivity index (χ0) is 19.8. The number of hydrogen-bond acceptors (Lipinski definition) is 4. The highest BCUT2D eigenvalue weighted by molar-refractivity contribution is 6.06. The van der Waals surface area contributed by atoms with Crippen molar-refractivity contribution in [1.82, 2.24) is 15.3 Å². The summed E-state index contributed by atoms with van der Waals surface area (Å²) in [4.78, 5) is 20.1.